The number of thiazole rings is 1. The zero-order valence-electron chi connectivity index (χ0n) is 11.8. The smallest absolute Gasteiger partial charge is 0.265 e. The molecule has 0 spiro atoms. The van der Waals surface area contributed by atoms with Gasteiger partial charge in [-0.3, -0.25) is 4.79 Å². The highest BCUT2D eigenvalue weighted by molar-refractivity contribution is 7.18. The van der Waals surface area contributed by atoms with Gasteiger partial charge < -0.3 is 20.8 Å². The Balaban J connectivity index is 1.60. The standard InChI is InChI=1S/C14H18N4O2S/c1-8(7-10-3-2-6-20-10)16-13(19)11-12(15)18-14(21-11)17-9-4-5-9/h2-3,6,8-9H,4-5,7,15H2,1H3,(H,16,19)(H,17,18). The molecule has 0 aliphatic heterocycles. The molecule has 7 heteroatoms. The van der Waals surface area contributed by atoms with E-state index >= 15 is 0 Å². The van der Waals surface area contributed by atoms with Crippen molar-refractivity contribution >= 4 is 28.2 Å². The lowest BCUT2D eigenvalue weighted by atomic mass is 10.2. The maximum Gasteiger partial charge on any atom is 0.265 e. The molecule has 1 aliphatic carbocycles. The van der Waals surface area contributed by atoms with E-state index in [1.807, 2.05) is 19.1 Å². The van der Waals surface area contributed by atoms with Gasteiger partial charge in [0, 0.05) is 18.5 Å². The van der Waals surface area contributed by atoms with Crippen molar-refractivity contribution in [3.8, 4) is 0 Å². The lowest BCUT2D eigenvalue weighted by Crippen LogP contribution is -2.33. The predicted molar refractivity (Wildman–Crippen MR) is 82.5 cm³/mol. The van der Waals surface area contributed by atoms with E-state index in [0.717, 1.165) is 23.7 Å². The Kier molecular flexibility index (Phi) is 3.83. The van der Waals surface area contributed by atoms with E-state index in [0.29, 0.717) is 17.3 Å². The van der Waals surface area contributed by atoms with Gasteiger partial charge in [0.25, 0.3) is 5.91 Å². The van der Waals surface area contributed by atoms with Gasteiger partial charge in [0.15, 0.2) is 5.13 Å². The Morgan fingerprint density at radius 3 is 3.10 bits per heavy atom. The molecular weight excluding hydrogens is 288 g/mol. The number of carbonyl (C=O) groups excluding carboxylic acids is 1. The van der Waals surface area contributed by atoms with Crippen molar-refractivity contribution < 1.29 is 9.21 Å². The Bertz CT molecular complexity index is 619. The highest BCUT2D eigenvalue weighted by atomic mass is 32.1. The third kappa shape index (κ3) is 3.55. The van der Waals surface area contributed by atoms with Crippen LogP contribution < -0.4 is 16.4 Å². The van der Waals surface area contributed by atoms with Gasteiger partial charge in [-0.05, 0) is 31.9 Å². The van der Waals surface area contributed by atoms with E-state index in [9.17, 15) is 4.79 Å². The molecule has 4 N–H and O–H groups in total. The van der Waals surface area contributed by atoms with Crippen molar-refractivity contribution in [1.82, 2.24) is 10.3 Å². The lowest BCUT2D eigenvalue weighted by molar-refractivity contribution is 0.0944. The Morgan fingerprint density at radius 2 is 2.43 bits per heavy atom. The Morgan fingerprint density at radius 1 is 1.62 bits per heavy atom. The van der Waals surface area contributed by atoms with Crippen LogP contribution in [0.25, 0.3) is 0 Å². The molecule has 112 valence electrons. The first-order chi connectivity index (χ1) is 10.1. The molecule has 2 heterocycles. The number of nitrogens with zero attached hydrogens (tertiary/aromatic N) is 1. The molecule has 1 unspecified atom stereocenters. The minimum atomic E-state index is -0.187. The molecular formula is C14H18N4O2S. The monoisotopic (exact) mass is 306 g/mol. The molecule has 1 fully saturated rings. The van der Waals surface area contributed by atoms with Crippen LogP contribution in [0.2, 0.25) is 0 Å². The van der Waals surface area contributed by atoms with Gasteiger partial charge in [-0.15, -0.1) is 0 Å². The number of rotatable bonds is 6. The second-order valence-electron chi connectivity index (χ2n) is 5.31. The molecule has 0 radical (unpaired) electrons. The minimum absolute atomic E-state index is 0.0370. The zero-order valence-corrected chi connectivity index (χ0v) is 12.6. The number of nitrogen functional groups attached to an aromatic ring is 1. The largest absolute Gasteiger partial charge is 0.469 e. The topological polar surface area (TPSA) is 93.2 Å². The summed E-state index contributed by atoms with van der Waals surface area (Å²) in [5.41, 5.74) is 5.83. The summed E-state index contributed by atoms with van der Waals surface area (Å²) in [5.74, 6) is 0.940. The van der Waals surface area contributed by atoms with Gasteiger partial charge in [0.2, 0.25) is 0 Å². The van der Waals surface area contributed by atoms with Crippen molar-refractivity contribution in [3.63, 3.8) is 0 Å². The number of hydrogen-bond donors (Lipinski definition) is 3. The molecule has 1 aliphatic rings. The number of carbonyl (C=O) groups is 1. The lowest BCUT2D eigenvalue weighted by Gasteiger charge is -2.11. The SMILES string of the molecule is CC(Cc1ccco1)NC(=O)c1sc(NC2CC2)nc1N. The molecule has 0 saturated heterocycles. The van der Waals surface area contributed by atoms with Crippen molar-refractivity contribution in [3.05, 3.63) is 29.0 Å². The minimum Gasteiger partial charge on any atom is -0.469 e. The van der Waals surface area contributed by atoms with Crippen LogP contribution in [-0.4, -0.2) is 23.0 Å². The van der Waals surface area contributed by atoms with Crippen LogP contribution in [0.5, 0.6) is 0 Å². The van der Waals surface area contributed by atoms with Gasteiger partial charge in [-0.25, -0.2) is 4.98 Å². The fraction of sp³-hybridized carbons (Fsp3) is 0.429. The number of nitrogens with one attached hydrogen (secondary N) is 2. The molecule has 2 aromatic heterocycles. The van der Waals surface area contributed by atoms with Gasteiger partial charge in [0.1, 0.15) is 16.5 Å². The normalized spacial score (nSPS) is 15.7. The fourth-order valence-corrected chi connectivity index (χ4v) is 2.89. The summed E-state index contributed by atoms with van der Waals surface area (Å²) in [6.45, 7) is 1.93. The van der Waals surface area contributed by atoms with E-state index in [4.69, 9.17) is 10.2 Å². The highest BCUT2D eigenvalue weighted by Crippen LogP contribution is 2.30. The number of nitrogens with two attached hydrogens (primary N) is 1. The van der Waals surface area contributed by atoms with Crippen LogP contribution in [0.15, 0.2) is 22.8 Å². The van der Waals surface area contributed by atoms with Crippen molar-refractivity contribution in [2.75, 3.05) is 11.1 Å². The molecule has 2 aromatic rings. The number of anilines is 2. The Labute approximate surface area is 126 Å². The molecule has 1 amide bonds. The second kappa shape index (κ2) is 5.77. The molecule has 21 heavy (non-hydrogen) atoms. The van der Waals surface area contributed by atoms with E-state index in [2.05, 4.69) is 15.6 Å². The summed E-state index contributed by atoms with van der Waals surface area (Å²) in [5, 5.41) is 6.90. The van der Waals surface area contributed by atoms with Crippen LogP contribution in [0, 0.1) is 0 Å². The van der Waals surface area contributed by atoms with Crippen LogP contribution in [0.3, 0.4) is 0 Å². The fourth-order valence-electron chi connectivity index (χ4n) is 2.03. The van der Waals surface area contributed by atoms with Crippen molar-refractivity contribution in [2.45, 2.75) is 38.3 Å². The van der Waals surface area contributed by atoms with Gasteiger partial charge in [-0.2, -0.15) is 0 Å². The van der Waals surface area contributed by atoms with Crippen LogP contribution in [0.4, 0.5) is 10.9 Å². The van der Waals surface area contributed by atoms with Gasteiger partial charge in [-0.1, -0.05) is 11.3 Å². The van der Waals surface area contributed by atoms with Gasteiger partial charge >= 0.3 is 0 Å². The molecule has 0 aromatic carbocycles. The third-order valence-corrected chi connectivity index (χ3v) is 4.23. The average molecular weight is 306 g/mol. The maximum atomic E-state index is 12.2. The van der Waals surface area contributed by atoms with E-state index in [1.165, 1.54) is 11.3 Å². The first-order valence-electron chi connectivity index (χ1n) is 6.98. The Hall–Kier alpha value is -2.02. The average Bonchev–Trinajstić information content (AvgIpc) is 2.94. The summed E-state index contributed by atoms with van der Waals surface area (Å²) >= 11 is 1.30. The van der Waals surface area contributed by atoms with E-state index in [1.54, 1.807) is 6.26 Å². The highest BCUT2D eigenvalue weighted by Gasteiger charge is 2.24. The van der Waals surface area contributed by atoms with Crippen molar-refractivity contribution in [2.24, 2.45) is 0 Å². The molecule has 6 nitrogen and oxygen atoms in total. The maximum absolute atomic E-state index is 12.2. The molecule has 0 bridgehead atoms. The summed E-state index contributed by atoms with van der Waals surface area (Å²) in [4.78, 5) is 16.9. The summed E-state index contributed by atoms with van der Waals surface area (Å²) in [7, 11) is 0. The molecule has 3 rings (SSSR count). The quantitative estimate of drug-likeness (QED) is 0.761. The summed E-state index contributed by atoms with van der Waals surface area (Å²) < 4.78 is 5.27. The predicted octanol–water partition coefficient (Wildman–Crippen LogP) is 2.25. The van der Waals surface area contributed by atoms with Gasteiger partial charge in [0.05, 0.1) is 6.26 Å². The van der Waals surface area contributed by atoms with E-state index in [-0.39, 0.29) is 17.8 Å². The number of furan rings is 1. The third-order valence-electron chi connectivity index (χ3n) is 3.23. The van der Waals surface area contributed by atoms with E-state index < -0.39 is 0 Å². The molecule has 1 saturated carbocycles. The number of hydrogen-bond acceptors (Lipinski definition) is 6. The zero-order chi connectivity index (χ0) is 14.8. The number of aromatic nitrogens is 1. The number of amides is 1. The summed E-state index contributed by atoms with van der Waals surface area (Å²) in [6.07, 6.45) is 4.58. The first-order valence-corrected chi connectivity index (χ1v) is 7.79. The second-order valence-corrected chi connectivity index (χ2v) is 6.31. The molecule has 1 atom stereocenters. The summed E-state index contributed by atoms with van der Waals surface area (Å²) in [6, 6.07) is 4.18. The van der Waals surface area contributed by atoms with Crippen LogP contribution in [0.1, 0.15) is 35.2 Å². The van der Waals surface area contributed by atoms with Crippen LogP contribution in [-0.2, 0) is 6.42 Å². The van der Waals surface area contributed by atoms with Crippen molar-refractivity contribution in [1.29, 1.82) is 0 Å². The van der Waals surface area contributed by atoms with Crippen LogP contribution >= 0.6 is 11.3 Å². The first kappa shape index (κ1) is 13.9.